The summed E-state index contributed by atoms with van der Waals surface area (Å²) in [5.74, 6) is -5.62. The maximum absolute atomic E-state index is 12.0. The van der Waals surface area contributed by atoms with Crippen LogP contribution in [0.3, 0.4) is 0 Å². The third kappa shape index (κ3) is 5.94. The number of aliphatic carboxylic acids is 1. The van der Waals surface area contributed by atoms with Gasteiger partial charge in [0.15, 0.2) is 6.29 Å². The third-order valence-electron chi connectivity index (χ3n) is 5.46. The monoisotopic (exact) mass is 487 g/mol. The summed E-state index contributed by atoms with van der Waals surface area (Å²) in [6.45, 7) is -2.89. The molecule has 0 aromatic carbocycles. The van der Waals surface area contributed by atoms with Crippen molar-refractivity contribution in [3.63, 3.8) is 0 Å². The molecule has 11 N–H and O–H groups in total. The second-order valence-corrected chi connectivity index (χ2v) is 7.75. The Morgan fingerprint density at radius 3 is 2.24 bits per heavy atom. The predicted octanol–water partition coefficient (Wildman–Crippen LogP) is -7.08. The topological polar surface area (TPSA) is 276 Å². The summed E-state index contributed by atoms with van der Waals surface area (Å²) in [6, 6.07) is -1.55. The molecule has 2 saturated heterocycles. The van der Waals surface area contributed by atoms with Crippen LogP contribution in [0, 0.1) is 0 Å². The number of aliphatic hydroxyl groups excluding tert-OH is 9. The summed E-state index contributed by atoms with van der Waals surface area (Å²) in [4.78, 5) is 23.6. The minimum atomic E-state index is -2.75. The number of aliphatic hydroxyl groups is 9. The van der Waals surface area contributed by atoms with E-state index in [-0.39, 0.29) is 0 Å². The normalized spacial score (nSPS) is 41.2. The molecule has 0 aliphatic carbocycles. The lowest BCUT2D eigenvalue weighted by atomic mass is 9.88. The Balaban J connectivity index is 2.28. The van der Waals surface area contributed by atoms with E-state index >= 15 is 0 Å². The first-order chi connectivity index (χ1) is 15.4. The highest BCUT2D eigenvalue weighted by atomic mass is 16.7. The fourth-order valence-corrected chi connectivity index (χ4v) is 3.56. The molecule has 0 bridgehead atoms. The van der Waals surface area contributed by atoms with Crippen LogP contribution in [0.15, 0.2) is 0 Å². The van der Waals surface area contributed by atoms with Crippen LogP contribution in [0.4, 0.5) is 0 Å². The predicted molar refractivity (Wildman–Crippen MR) is 98.8 cm³/mol. The lowest BCUT2D eigenvalue weighted by molar-refractivity contribution is -0.334. The number of ether oxygens (including phenoxy) is 3. The molecule has 33 heavy (non-hydrogen) atoms. The van der Waals surface area contributed by atoms with E-state index in [1.54, 1.807) is 0 Å². The third-order valence-corrected chi connectivity index (χ3v) is 5.46. The van der Waals surface area contributed by atoms with Crippen LogP contribution < -0.4 is 5.32 Å². The zero-order valence-electron chi connectivity index (χ0n) is 17.1. The molecule has 0 aromatic heterocycles. The highest BCUT2D eigenvalue weighted by molar-refractivity contribution is 5.78. The van der Waals surface area contributed by atoms with Crippen LogP contribution in [0.1, 0.15) is 6.42 Å². The van der Waals surface area contributed by atoms with Crippen molar-refractivity contribution < 1.29 is 74.9 Å². The molecule has 0 unspecified atom stereocenters. The zero-order valence-corrected chi connectivity index (χ0v) is 17.1. The SMILES string of the molecule is O=C(CO)N[C@H]1[C@H]([C@H](O)[C@H](O)CO)O[C@@](OC[C@@H]2O[C@@H](O)[C@@H](O)[C@@H](O)[C@H]2O)(C(=O)O)C[C@H]1O. The van der Waals surface area contributed by atoms with Gasteiger partial charge in [0, 0.05) is 6.42 Å². The number of hydrogen-bond acceptors (Lipinski definition) is 14. The maximum Gasteiger partial charge on any atom is 0.364 e. The van der Waals surface area contributed by atoms with Gasteiger partial charge in [-0.15, -0.1) is 0 Å². The minimum absolute atomic E-state index is 0.861. The Labute approximate surface area is 186 Å². The number of rotatable bonds is 9. The molecule has 0 radical (unpaired) electrons. The summed E-state index contributed by atoms with van der Waals surface area (Å²) in [5.41, 5.74) is 0. The fourth-order valence-electron chi connectivity index (χ4n) is 3.56. The molecule has 0 spiro atoms. The van der Waals surface area contributed by atoms with Gasteiger partial charge in [0.1, 0.15) is 49.3 Å². The maximum atomic E-state index is 12.0. The van der Waals surface area contributed by atoms with Gasteiger partial charge in [0.05, 0.1) is 25.4 Å². The Morgan fingerprint density at radius 1 is 1.06 bits per heavy atom. The first-order valence-electron chi connectivity index (χ1n) is 9.86. The summed E-state index contributed by atoms with van der Waals surface area (Å²) >= 11 is 0. The Hall–Kier alpha value is -1.54. The lowest BCUT2D eigenvalue weighted by Crippen LogP contribution is -2.68. The number of carbonyl (C=O) groups excluding carboxylic acids is 1. The second-order valence-electron chi connectivity index (χ2n) is 7.75. The van der Waals surface area contributed by atoms with Gasteiger partial charge in [0.25, 0.3) is 5.79 Å². The molecule has 1 amide bonds. The van der Waals surface area contributed by atoms with Gasteiger partial charge in [-0.25, -0.2) is 4.79 Å². The summed E-state index contributed by atoms with van der Waals surface area (Å²) in [5, 5.41) is 99.4. The standard InChI is InChI=1S/C17H29NO15/c19-2-6(22)10(24)14-9(18-8(23)3-20)5(21)1-17(33-14,16(29)30)31-4-7-11(25)12(26)13(27)15(28)32-7/h5-7,9-15,19-22,24-28H,1-4H2,(H,18,23)(H,29,30)/t5-,6-,7+,9-,10-,11+,12+,13+,14-,15-,17-/m1/s1. The molecule has 2 fully saturated rings. The van der Waals surface area contributed by atoms with E-state index < -0.39 is 105 Å². The molecule has 0 aromatic rings. The van der Waals surface area contributed by atoms with E-state index in [0.29, 0.717) is 0 Å². The first kappa shape index (κ1) is 27.7. The van der Waals surface area contributed by atoms with E-state index in [1.165, 1.54) is 0 Å². The van der Waals surface area contributed by atoms with Crippen molar-refractivity contribution >= 4 is 11.9 Å². The number of hydrogen-bond donors (Lipinski definition) is 11. The van der Waals surface area contributed by atoms with Crippen molar-refractivity contribution in [2.24, 2.45) is 0 Å². The first-order valence-corrected chi connectivity index (χ1v) is 9.86. The van der Waals surface area contributed by atoms with Crippen molar-refractivity contribution in [2.75, 3.05) is 19.8 Å². The molecule has 11 atom stereocenters. The van der Waals surface area contributed by atoms with Gasteiger partial charge in [-0.05, 0) is 0 Å². The molecule has 16 heteroatoms. The highest BCUT2D eigenvalue weighted by Crippen LogP contribution is 2.34. The van der Waals surface area contributed by atoms with Crippen LogP contribution in [0.5, 0.6) is 0 Å². The van der Waals surface area contributed by atoms with Gasteiger partial charge < -0.3 is 70.6 Å². The van der Waals surface area contributed by atoms with Gasteiger partial charge >= 0.3 is 5.97 Å². The van der Waals surface area contributed by atoms with Crippen LogP contribution in [0.2, 0.25) is 0 Å². The average molecular weight is 487 g/mol. The molecule has 0 saturated carbocycles. The van der Waals surface area contributed by atoms with Crippen LogP contribution >= 0.6 is 0 Å². The van der Waals surface area contributed by atoms with Gasteiger partial charge in [-0.1, -0.05) is 0 Å². The van der Waals surface area contributed by atoms with E-state index in [9.17, 15) is 50.4 Å². The Morgan fingerprint density at radius 2 is 1.70 bits per heavy atom. The van der Waals surface area contributed by atoms with Gasteiger partial charge in [-0.3, -0.25) is 4.79 Å². The number of carboxylic acid groups (broad SMARTS) is 1. The summed E-state index contributed by atoms with van der Waals surface area (Å²) < 4.78 is 15.5. The number of carboxylic acids is 1. The molecular formula is C17H29NO15. The molecule has 16 nitrogen and oxygen atoms in total. The van der Waals surface area contributed by atoms with Crippen molar-refractivity contribution in [1.29, 1.82) is 0 Å². The minimum Gasteiger partial charge on any atom is -0.477 e. The smallest absolute Gasteiger partial charge is 0.364 e. The van der Waals surface area contributed by atoms with E-state index in [2.05, 4.69) is 5.32 Å². The van der Waals surface area contributed by atoms with Crippen molar-refractivity contribution in [1.82, 2.24) is 5.32 Å². The number of carbonyl (C=O) groups is 2. The van der Waals surface area contributed by atoms with Crippen molar-refractivity contribution in [3.05, 3.63) is 0 Å². The highest BCUT2D eigenvalue weighted by Gasteiger charge is 2.56. The molecule has 2 aliphatic rings. The molecule has 192 valence electrons. The van der Waals surface area contributed by atoms with E-state index in [0.717, 1.165) is 0 Å². The van der Waals surface area contributed by atoms with Crippen LogP contribution in [0.25, 0.3) is 0 Å². The number of amides is 1. The van der Waals surface area contributed by atoms with Crippen LogP contribution in [-0.4, -0.2) is 150 Å². The fraction of sp³-hybridized carbons (Fsp3) is 0.882. The van der Waals surface area contributed by atoms with Crippen molar-refractivity contribution in [3.8, 4) is 0 Å². The zero-order chi connectivity index (χ0) is 25.1. The van der Waals surface area contributed by atoms with Crippen LogP contribution in [-0.2, 0) is 23.8 Å². The van der Waals surface area contributed by atoms with Gasteiger partial charge in [-0.2, -0.15) is 0 Å². The molecule has 2 heterocycles. The molecular weight excluding hydrogens is 458 g/mol. The second kappa shape index (κ2) is 11.3. The quantitative estimate of drug-likeness (QED) is 0.144. The lowest BCUT2D eigenvalue weighted by Gasteiger charge is -2.47. The molecule has 2 rings (SSSR count). The van der Waals surface area contributed by atoms with E-state index in [4.69, 9.17) is 24.4 Å². The summed E-state index contributed by atoms with van der Waals surface area (Å²) in [6.07, 6.45) is -17.5. The number of nitrogens with one attached hydrogen (secondary N) is 1. The molecule has 2 aliphatic heterocycles. The Bertz CT molecular complexity index is 681. The average Bonchev–Trinajstić information content (AvgIpc) is 2.79. The Kier molecular flexibility index (Phi) is 9.45. The van der Waals surface area contributed by atoms with E-state index in [1.807, 2.05) is 0 Å². The van der Waals surface area contributed by atoms with Crippen molar-refractivity contribution in [2.45, 2.75) is 73.4 Å². The largest absolute Gasteiger partial charge is 0.477 e. The summed E-state index contributed by atoms with van der Waals surface area (Å²) in [7, 11) is 0. The van der Waals surface area contributed by atoms with Gasteiger partial charge in [0.2, 0.25) is 5.91 Å².